The summed E-state index contributed by atoms with van der Waals surface area (Å²) in [6, 6.07) is 1.62. The van der Waals surface area contributed by atoms with Gasteiger partial charge in [-0.1, -0.05) is 0 Å². The number of esters is 1. The molecular formula is C17H22O6. The summed E-state index contributed by atoms with van der Waals surface area (Å²) < 4.78 is 21.4. The van der Waals surface area contributed by atoms with Crippen LogP contribution in [0.15, 0.2) is 6.07 Å². The van der Waals surface area contributed by atoms with Crippen molar-refractivity contribution < 1.29 is 28.5 Å². The van der Waals surface area contributed by atoms with E-state index in [-0.39, 0.29) is 12.9 Å². The van der Waals surface area contributed by atoms with E-state index in [1.54, 1.807) is 6.07 Å². The summed E-state index contributed by atoms with van der Waals surface area (Å²) >= 11 is 0. The maximum absolute atomic E-state index is 11.4. The number of benzene rings is 1. The van der Waals surface area contributed by atoms with Gasteiger partial charge in [-0.05, 0) is 43.9 Å². The summed E-state index contributed by atoms with van der Waals surface area (Å²) in [7, 11) is 1.28. The summed E-state index contributed by atoms with van der Waals surface area (Å²) in [6.45, 7) is 4.14. The first-order valence-corrected chi connectivity index (χ1v) is 7.64. The maximum atomic E-state index is 11.4. The highest BCUT2D eigenvalue weighted by Gasteiger charge is 2.20. The summed E-state index contributed by atoms with van der Waals surface area (Å²) in [4.78, 5) is 22.6. The Hall–Kier alpha value is -2.08. The second-order valence-corrected chi connectivity index (χ2v) is 5.44. The quantitative estimate of drug-likeness (QED) is 0.592. The zero-order chi connectivity index (χ0) is 16.8. The summed E-state index contributed by atoms with van der Waals surface area (Å²) in [5.41, 5.74) is 1.94. The first kappa shape index (κ1) is 17.3. The molecule has 0 bridgehead atoms. The third-order valence-corrected chi connectivity index (χ3v) is 3.91. The maximum Gasteiger partial charge on any atom is 0.343 e. The third kappa shape index (κ3) is 4.22. The lowest BCUT2D eigenvalue weighted by atomic mass is 10.0. The molecule has 0 radical (unpaired) electrons. The lowest BCUT2D eigenvalue weighted by molar-refractivity contribution is -0.142. The molecule has 0 aromatic heterocycles. The van der Waals surface area contributed by atoms with Crippen molar-refractivity contribution in [2.75, 3.05) is 20.3 Å². The van der Waals surface area contributed by atoms with E-state index in [1.807, 2.05) is 13.8 Å². The van der Waals surface area contributed by atoms with E-state index >= 15 is 0 Å². The summed E-state index contributed by atoms with van der Waals surface area (Å²) in [5, 5.41) is 0. The molecule has 1 aliphatic rings. The third-order valence-electron chi connectivity index (χ3n) is 3.91. The van der Waals surface area contributed by atoms with Crippen LogP contribution in [0.2, 0.25) is 0 Å². The Labute approximate surface area is 135 Å². The number of rotatable bonds is 6. The Kier molecular flexibility index (Phi) is 5.98. The van der Waals surface area contributed by atoms with Gasteiger partial charge in [0.2, 0.25) is 0 Å². The molecule has 0 spiro atoms. The van der Waals surface area contributed by atoms with Crippen molar-refractivity contribution >= 4 is 12.3 Å². The van der Waals surface area contributed by atoms with Crippen LogP contribution in [0, 0.1) is 13.8 Å². The van der Waals surface area contributed by atoms with Crippen molar-refractivity contribution in [3.05, 3.63) is 22.8 Å². The molecule has 0 amide bonds. The van der Waals surface area contributed by atoms with Gasteiger partial charge >= 0.3 is 5.97 Å². The molecule has 126 valence electrons. The normalized spacial score (nSPS) is 17.4. The highest BCUT2D eigenvalue weighted by atomic mass is 16.7. The van der Waals surface area contributed by atoms with Gasteiger partial charge in [0.15, 0.2) is 19.2 Å². The van der Waals surface area contributed by atoms with Crippen molar-refractivity contribution in [3.63, 3.8) is 0 Å². The fourth-order valence-corrected chi connectivity index (χ4v) is 2.42. The molecule has 0 aliphatic carbocycles. The monoisotopic (exact) mass is 322 g/mol. The molecule has 23 heavy (non-hydrogen) atoms. The standard InChI is InChI=1S/C17H22O6/c1-11-12(2)17(22-10-15(19)20-3)13(9-18)8-14(11)23-16-6-4-5-7-21-16/h8-9,16H,4-7,10H2,1-3H3. The first-order valence-electron chi connectivity index (χ1n) is 7.64. The zero-order valence-corrected chi connectivity index (χ0v) is 13.7. The van der Waals surface area contributed by atoms with Gasteiger partial charge in [0.1, 0.15) is 11.5 Å². The molecule has 1 atom stereocenters. The van der Waals surface area contributed by atoms with Crippen molar-refractivity contribution in [1.29, 1.82) is 0 Å². The highest BCUT2D eigenvalue weighted by molar-refractivity contribution is 5.82. The van der Waals surface area contributed by atoms with Crippen LogP contribution in [0.4, 0.5) is 0 Å². The number of ether oxygens (including phenoxy) is 4. The lowest BCUT2D eigenvalue weighted by Gasteiger charge is -2.25. The van der Waals surface area contributed by atoms with Crippen LogP contribution in [-0.2, 0) is 14.3 Å². The molecule has 1 aromatic carbocycles. The van der Waals surface area contributed by atoms with Crippen LogP contribution in [0.5, 0.6) is 11.5 Å². The Morgan fingerprint density at radius 3 is 2.74 bits per heavy atom. The predicted octanol–water partition coefficient (Wildman–Crippen LogP) is 2.57. The first-order chi connectivity index (χ1) is 11.1. The fourth-order valence-electron chi connectivity index (χ4n) is 2.42. The average Bonchev–Trinajstić information content (AvgIpc) is 2.58. The second kappa shape index (κ2) is 7.97. The largest absolute Gasteiger partial charge is 0.481 e. The molecule has 1 saturated heterocycles. The van der Waals surface area contributed by atoms with Crippen molar-refractivity contribution in [2.45, 2.75) is 39.4 Å². The molecular weight excluding hydrogens is 300 g/mol. The van der Waals surface area contributed by atoms with E-state index in [2.05, 4.69) is 4.74 Å². The number of hydrogen-bond donors (Lipinski definition) is 0. The number of hydrogen-bond acceptors (Lipinski definition) is 6. The number of aldehydes is 1. The minimum Gasteiger partial charge on any atom is -0.481 e. The fraction of sp³-hybridized carbons (Fsp3) is 0.529. The minimum absolute atomic E-state index is 0.246. The van der Waals surface area contributed by atoms with Crippen LogP contribution in [0.1, 0.15) is 40.7 Å². The van der Waals surface area contributed by atoms with Crippen molar-refractivity contribution in [2.24, 2.45) is 0 Å². The molecule has 1 aliphatic heterocycles. The van der Waals surface area contributed by atoms with E-state index in [0.717, 1.165) is 30.4 Å². The van der Waals surface area contributed by atoms with Gasteiger partial charge in [-0.25, -0.2) is 4.79 Å². The molecule has 6 heteroatoms. The lowest BCUT2D eigenvalue weighted by Crippen LogP contribution is -2.25. The van der Waals surface area contributed by atoms with Gasteiger partial charge in [-0.3, -0.25) is 4.79 Å². The van der Waals surface area contributed by atoms with Crippen molar-refractivity contribution in [1.82, 2.24) is 0 Å². The molecule has 1 unspecified atom stereocenters. The highest BCUT2D eigenvalue weighted by Crippen LogP contribution is 2.34. The van der Waals surface area contributed by atoms with Gasteiger partial charge < -0.3 is 18.9 Å². The van der Waals surface area contributed by atoms with Crippen LogP contribution in [0.3, 0.4) is 0 Å². The Bertz CT molecular complexity index is 575. The van der Waals surface area contributed by atoms with Crippen LogP contribution in [-0.4, -0.2) is 38.9 Å². The molecule has 6 nitrogen and oxygen atoms in total. The van der Waals surface area contributed by atoms with E-state index < -0.39 is 5.97 Å². The number of methoxy groups -OCH3 is 1. The molecule has 0 saturated carbocycles. The van der Waals surface area contributed by atoms with Crippen LogP contribution in [0.25, 0.3) is 0 Å². The topological polar surface area (TPSA) is 71.1 Å². The molecule has 2 rings (SSSR count). The minimum atomic E-state index is -0.505. The number of carbonyl (C=O) groups excluding carboxylic acids is 2. The van der Waals surface area contributed by atoms with Gasteiger partial charge in [-0.15, -0.1) is 0 Å². The Balaban J connectivity index is 2.22. The van der Waals surface area contributed by atoms with E-state index in [0.29, 0.717) is 30.0 Å². The smallest absolute Gasteiger partial charge is 0.343 e. The predicted molar refractivity (Wildman–Crippen MR) is 83.0 cm³/mol. The molecule has 1 fully saturated rings. The SMILES string of the molecule is COC(=O)COc1c(C=O)cc(OC2CCCCO2)c(C)c1C. The Morgan fingerprint density at radius 1 is 1.35 bits per heavy atom. The second-order valence-electron chi connectivity index (χ2n) is 5.44. The van der Waals surface area contributed by atoms with Crippen LogP contribution >= 0.6 is 0 Å². The average molecular weight is 322 g/mol. The van der Waals surface area contributed by atoms with Gasteiger partial charge in [0.25, 0.3) is 0 Å². The van der Waals surface area contributed by atoms with Crippen molar-refractivity contribution in [3.8, 4) is 11.5 Å². The summed E-state index contributed by atoms with van der Waals surface area (Å²) in [5.74, 6) is 0.469. The van der Waals surface area contributed by atoms with Gasteiger partial charge in [-0.2, -0.15) is 0 Å². The molecule has 1 heterocycles. The number of carbonyl (C=O) groups is 2. The van der Waals surface area contributed by atoms with Gasteiger partial charge in [0.05, 0.1) is 19.3 Å². The van der Waals surface area contributed by atoms with Gasteiger partial charge in [0, 0.05) is 6.42 Å². The van der Waals surface area contributed by atoms with E-state index in [9.17, 15) is 9.59 Å². The summed E-state index contributed by atoms with van der Waals surface area (Å²) in [6.07, 6.45) is 3.33. The Morgan fingerprint density at radius 2 is 2.13 bits per heavy atom. The zero-order valence-electron chi connectivity index (χ0n) is 13.7. The molecule has 0 N–H and O–H groups in total. The molecule has 1 aromatic rings. The van der Waals surface area contributed by atoms with E-state index in [4.69, 9.17) is 14.2 Å². The van der Waals surface area contributed by atoms with E-state index in [1.165, 1.54) is 7.11 Å². The van der Waals surface area contributed by atoms with Crippen LogP contribution < -0.4 is 9.47 Å².